The molecule has 1 atom stereocenters. The number of aliphatic hydroxyl groups is 2. The van der Waals surface area contributed by atoms with Crippen LogP contribution in [0.3, 0.4) is 0 Å². The maximum Gasteiger partial charge on any atom is 0.290 e. The maximum atomic E-state index is 12.8. The van der Waals surface area contributed by atoms with Crippen LogP contribution in [0, 0.1) is 10.1 Å². The standard InChI is InChI=1S/C21H18N2O6/c24-13-12-22-19(15-7-9-16(10-8-15)23(28)29)18(20(26)21(22)27)17(25)11-6-14-4-2-1-3-5-14/h1-11,19,24,26H,12-13H2/b11-6+. The van der Waals surface area contributed by atoms with Gasteiger partial charge in [0.1, 0.15) is 0 Å². The first-order chi connectivity index (χ1) is 13.9. The highest BCUT2D eigenvalue weighted by atomic mass is 16.6. The zero-order chi connectivity index (χ0) is 21.0. The molecule has 0 fully saturated rings. The lowest BCUT2D eigenvalue weighted by Gasteiger charge is -2.25. The molecule has 1 aliphatic rings. The number of amides is 1. The summed E-state index contributed by atoms with van der Waals surface area (Å²) in [7, 11) is 0. The van der Waals surface area contributed by atoms with Gasteiger partial charge in [-0.2, -0.15) is 0 Å². The van der Waals surface area contributed by atoms with Crippen molar-refractivity contribution in [3.63, 3.8) is 0 Å². The molecule has 0 aliphatic carbocycles. The number of non-ortho nitro benzene ring substituents is 1. The van der Waals surface area contributed by atoms with Crippen molar-refractivity contribution in [3.8, 4) is 0 Å². The van der Waals surface area contributed by atoms with Gasteiger partial charge in [0.05, 0.1) is 23.1 Å². The average molecular weight is 394 g/mol. The number of β-amino-alcohol motifs (C(OH)–C–C–N with tert-alkyl or cyclic N) is 1. The van der Waals surface area contributed by atoms with E-state index in [0.717, 1.165) is 5.56 Å². The van der Waals surface area contributed by atoms with Crippen LogP contribution >= 0.6 is 0 Å². The van der Waals surface area contributed by atoms with E-state index in [2.05, 4.69) is 0 Å². The fourth-order valence-electron chi connectivity index (χ4n) is 3.19. The molecule has 1 heterocycles. The summed E-state index contributed by atoms with van der Waals surface area (Å²) >= 11 is 0. The number of nitro groups is 1. The third kappa shape index (κ3) is 4.07. The first-order valence-corrected chi connectivity index (χ1v) is 8.80. The normalized spacial score (nSPS) is 16.7. The highest BCUT2D eigenvalue weighted by molar-refractivity contribution is 6.14. The summed E-state index contributed by atoms with van der Waals surface area (Å²) in [5, 5.41) is 30.5. The zero-order valence-corrected chi connectivity index (χ0v) is 15.3. The second-order valence-electron chi connectivity index (χ2n) is 6.34. The molecule has 1 unspecified atom stereocenters. The Morgan fingerprint density at radius 3 is 2.38 bits per heavy atom. The molecule has 2 aromatic rings. The summed E-state index contributed by atoms with van der Waals surface area (Å²) in [5.41, 5.74) is 0.906. The Bertz CT molecular complexity index is 996. The monoisotopic (exact) mass is 394 g/mol. The predicted molar refractivity (Wildman–Crippen MR) is 105 cm³/mol. The molecule has 148 valence electrons. The third-order valence-electron chi connectivity index (χ3n) is 4.56. The van der Waals surface area contributed by atoms with E-state index in [0.29, 0.717) is 5.56 Å². The molecular weight excluding hydrogens is 376 g/mol. The molecule has 0 saturated carbocycles. The first kappa shape index (κ1) is 20.0. The fourth-order valence-corrected chi connectivity index (χ4v) is 3.19. The molecule has 3 rings (SSSR count). The highest BCUT2D eigenvalue weighted by Crippen LogP contribution is 2.38. The smallest absolute Gasteiger partial charge is 0.290 e. The Morgan fingerprint density at radius 2 is 1.79 bits per heavy atom. The lowest BCUT2D eigenvalue weighted by Crippen LogP contribution is -2.33. The number of nitrogens with zero attached hydrogens (tertiary/aromatic N) is 2. The van der Waals surface area contributed by atoms with Gasteiger partial charge < -0.3 is 15.1 Å². The second-order valence-corrected chi connectivity index (χ2v) is 6.34. The topological polar surface area (TPSA) is 121 Å². The third-order valence-corrected chi connectivity index (χ3v) is 4.56. The molecule has 0 aromatic heterocycles. The van der Waals surface area contributed by atoms with Gasteiger partial charge in [-0.1, -0.05) is 36.4 Å². The summed E-state index contributed by atoms with van der Waals surface area (Å²) in [4.78, 5) is 36.8. The number of allylic oxidation sites excluding steroid dienone is 1. The van der Waals surface area contributed by atoms with Crippen LogP contribution in [0.25, 0.3) is 6.08 Å². The summed E-state index contributed by atoms with van der Waals surface area (Å²) in [6.45, 7) is -0.479. The number of ketones is 1. The van der Waals surface area contributed by atoms with E-state index in [1.165, 1.54) is 35.2 Å². The number of carbonyl (C=O) groups is 2. The summed E-state index contributed by atoms with van der Waals surface area (Å²) in [6.07, 6.45) is 2.82. The van der Waals surface area contributed by atoms with Crippen LogP contribution in [-0.4, -0.2) is 44.9 Å². The van der Waals surface area contributed by atoms with Crippen LogP contribution in [-0.2, 0) is 9.59 Å². The van der Waals surface area contributed by atoms with Gasteiger partial charge in [-0.3, -0.25) is 19.7 Å². The van der Waals surface area contributed by atoms with Crippen molar-refractivity contribution in [2.45, 2.75) is 6.04 Å². The van der Waals surface area contributed by atoms with Gasteiger partial charge >= 0.3 is 0 Å². The highest BCUT2D eigenvalue weighted by Gasteiger charge is 2.42. The summed E-state index contributed by atoms with van der Waals surface area (Å²) < 4.78 is 0. The Hall–Kier alpha value is -3.78. The van der Waals surface area contributed by atoms with Gasteiger partial charge in [0.2, 0.25) is 0 Å². The number of hydrogen-bond donors (Lipinski definition) is 2. The van der Waals surface area contributed by atoms with Crippen LogP contribution in [0.2, 0.25) is 0 Å². The minimum Gasteiger partial charge on any atom is -0.503 e. The van der Waals surface area contributed by atoms with Gasteiger partial charge in [-0.15, -0.1) is 0 Å². The SMILES string of the molecule is O=C(/C=C/c1ccccc1)C1=C(O)C(=O)N(CCO)C1c1ccc([N+](=O)[O-])cc1. The quantitative estimate of drug-likeness (QED) is 0.423. The predicted octanol–water partition coefficient (Wildman–Crippen LogP) is 2.57. The van der Waals surface area contributed by atoms with Gasteiger partial charge in [0, 0.05) is 18.7 Å². The number of nitro benzene ring substituents is 1. The molecule has 0 radical (unpaired) electrons. The lowest BCUT2D eigenvalue weighted by atomic mass is 9.95. The van der Waals surface area contributed by atoms with Gasteiger partial charge in [0.25, 0.3) is 11.6 Å². The van der Waals surface area contributed by atoms with Gasteiger partial charge in [-0.25, -0.2) is 0 Å². The molecule has 8 heteroatoms. The van der Waals surface area contributed by atoms with Gasteiger partial charge in [-0.05, 0) is 29.3 Å². The van der Waals surface area contributed by atoms with Crippen molar-refractivity contribution >= 4 is 23.5 Å². The average Bonchev–Trinajstić information content (AvgIpc) is 2.98. The van der Waals surface area contributed by atoms with E-state index in [1.807, 2.05) is 18.2 Å². The second kappa shape index (κ2) is 8.49. The summed E-state index contributed by atoms with van der Waals surface area (Å²) in [5.74, 6) is -2.04. The molecular formula is C21H18N2O6. The van der Waals surface area contributed by atoms with Crippen LogP contribution in [0.15, 0.2) is 72.0 Å². The molecule has 0 saturated heterocycles. The van der Waals surface area contributed by atoms with E-state index in [9.17, 15) is 29.9 Å². The van der Waals surface area contributed by atoms with Crippen molar-refractivity contribution < 1.29 is 24.7 Å². The van der Waals surface area contributed by atoms with Crippen molar-refractivity contribution in [2.24, 2.45) is 0 Å². The van der Waals surface area contributed by atoms with E-state index in [1.54, 1.807) is 18.2 Å². The Labute approximate surface area is 166 Å². The van der Waals surface area contributed by atoms with Crippen LogP contribution in [0.1, 0.15) is 17.2 Å². The Balaban J connectivity index is 1.99. The van der Waals surface area contributed by atoms with Crippen molar-refractivity contribution in [2.75, 3.05) is 13.2 Å². The van der Waals surface area contributed by atoms with Crippen molar-refractivity contribution in [1.82, 2.24) is 4.90 Å². The number of carbonyl (C=O) groups excluding carboxylic acids is 2. The number of rotatable bonds is 7. The van der Waals surface area contributed by atoms with E-state index in [4.69, 9.17) is 0 Å². The van der Waals surface area contributed by atoms with Crippen molar-refractivity contribution in [1.29, 1.82) is 0 Å². The summed E-state index contributed by atoms with van der Waals surface area (Å²) in [6, 6.07) is 13.4. The maximum absolute atomic E-state index is 12.8. The zero-order valence-electron chi connectivity index (χ0n) is 15.3. The Kier molecular flexibility index (Phi) is 5.85. The van der Waals surface area contributed by atoms with Crippen LogP contribution < -0.4 is 0 Å². The fraction of sp³-hybridized carbons (Fsp3) is 0.143. The Morgan fingerprint density at radius 1 is 1.14 bits per heavy atom. The van der Waals surface area contributed by atoms with E-state index >= 15 is 0 Å². The number of hydrogen-bond acceptors (Lipinski definition) is 6. The van der Waals surface area contributed by atoms with Gasteiger partial charge in [0.15, 0.2) is 11.5 Å². The molecule has 8 nitrogen and oxygen atoms in total. The number of aliphatic hydroxyl groups excluding tert-OH is 2. The molecule has 0 spiro atoms. The minimum atomic E-state index is -0.955. The van der Waals surface area contributed by atoms with E-state index in [-0.39, 0.29) is 24.4 Å². The molecule has 1 amide bonds. The largest absolute Gasteiger partial charge is 0.503 e. The number of benzene rings is 2. The van der Waals surface area contributed by atoms with Crippen LogP contribution in [0.5, 0.6) is 0 Å². The van der Waals surface area contributed by atoms with E-state index < -0.39 is 28.4 Å². The first-order valence-electron chi connectivity index (χ1n) is 8.80. The molecule has 2 aromatic carbocycles. The molecule has 1 aliphatic heterocycles. The lowest BCUT2D eigenvalue weighted by molar-refractivity contribution is -0.384. The minimum absolute atomic E-state index is 0.107. The molecule has 29 heavy (non-hydrogen) atoms. The van der Waals surface area contributed by atoms with Crippen molar-refractivity contribution in [3.05, 3.63) is 93.2 Å². The molecule has 0 bridgehead atoms. The molecule has 2 N–H and O–H groups in total. The van der Waals surface area contributed by atoms with Crippen LogP contribution in [0.4, 0.5) is 5.69 Å².